The van der Waals surface area contributed by atoms with Gasteiger partial charge in [-0.3, -0.25) is 38.8 Å². The molecule has 0 bridgehead atoms. The number of nitrogens with zero attached hydrogens (tertiary/aromatic N) is 4. The third kappa shape index (κ3) is 5.14. The van der Waals surface area contributed by atoms with E-state index in [1.807, 2.05) is 58.3 Å². The van der Waals surface area contributed by atoms with Crippen LogP contribution < -0.4 is 9.47 Å². The lowest BCUT2D eigenvalue weighted by molar-refractivity contribution is -0.143. The maximum absolute atomic E-state index is 13.1. The Morgan fingerprint density at radius 1 is 0.605 bits per heavy atom. The monoisotopic (exact) mass is 520 g/mol. The van der Waals surface area contributed by atoms with Crippen molar-refractivity contribution in [3.05, 3.63) is 59.7 Å². The van der Waals surface area contributed by atoms with Crippen molar-refractivity contribution in [3.8, 4) is 11.5 Å². The number of piperazine rings is 1. The van der Waals surface area contributed by atoms with Crippen LogP contribution in [0.4, 0.5) is 0 Å². The van der Waals surface area contributed by atoms with Crippen molar-refractivity contribution in [2.24, 2.45) is 0 Å². The summed E-state index contributed by atoms with van der Waals surface area (Å²) in [7, 11) is 3.18. The summed E-state index contributed by atoms with van der Waals surface area (Å²) < 4.78 is 10.3. The molecule has 5 rings (SSSR count). The Kier molecular flexibility index (Phi) is 7.44. The van der Waals surface area contributed by atoms with Gasteiger partial charge in [-0.2, -0.15) is 0 Å². The van der Waals surface area contributed by atoms with Gasteiger partial charge in [-0.25, -0.2) is 0 Å². The Labute approximate surface area is 221 Å². The van der Waals surface area contributed by atoms with Crippen LogP contribution in [0.25, 0.3) is 0 Å². The summed E-state index contributed by atoms with van der Waals surface area (Å²) in [4.78, 5) is 58.4. The lowest BCUT2D eigenvalue weighted by Gasteiger charge is -2.38. The Bertz CT molecular complexity index is 1110. The van der Waals surface area contributed by atoms with Gasteiger partial charge in [-0.1, -0.05) is 24.3 Å². The van der Waals surface area contributed by atoms with Crippen molar-refractivity contribution < 1.29 is 28.7 Å². The van der Waals surface area contributed by atoms with Gasteiger partial charge in [0.15, 0.2) is 0 Å². The number of amides is 4. The molecule has 3 aliphatic heterocycles. The minimum Gasteiger partial charge on any atom is -0.497 e. The number of carbonyl (C=O) groups excluding carboxylic acids is 4. The number of likely N-dealkylation sites (tertiary alicyclic amines) is 2. The fraction of sp³-hybridized carbons (Fsp3) is 0.429. The van der Waals surface area contributed by atoms with Crippen molar-refractivity contribution in [2.75, 3.05) is 40.4 Å². The smallest absolute Gasteiger partial charge is 0.247 e. The minimum absolute atomic E-state index is 0.158. The van der Waals surface area contributed by atoms with Gasteiger partial charge in [0, 0.05) is 26.2 Å². The fourth-order valence-electron chi connectivity index (χ4n) is 5.42. The molecule has 0 radical (unpaired) electrons. The van der Waals surface area contributed by atoms with E-state index in [4.69, 9.17) is 9.47 Å². The number of benzene rings is 2. The summed E-state index contributed by atoms with van der Waals surface area (Å²) in [6.45, 7) is 2.68. The zero-order chi connectivity index (χ0) is 26.8. The Morgan fingerprint density at radius 3 is 1.26 bits per heavy atom. The van der Waals surface area contributed by atoms with E-state index in [1.165, 1.54) is 9.80 Å². The molecule has 3 aliphatic rings. The first-order valence-electron chi connectivity index (χ1n) is 12.8. The van der Waals surface area contributed by atoms with E-state index in [1.54, 1.807) is 14.2 Å². The second kappa shape index (κ2) is 10.9. The highest BCUT2D eigenvalue weighted by Gasteiger charge is 2.46. The average molecular weight is 521 g/mol. The number of ether oxygens (including phenoxy) is 2. The van der Waals surface area contributed by atoms with Crippen molar-refractivity contribution in [1.82, 2.24) is 19.6 Å². The number of hydrogen-bond donors (Lipinski definition) is 0. The van der Waals surface area contributed by atoms with Gasteiger partial charge in [0.05, 0.1) is 52.2 Å². The number of methoxy groups -OCH3 is 2. The van der Waals surface area contributed by atoms with E-state index < -0.39 is 12.1 Å². The van der Waals surface area contributed by atoms with Crippen LogP contribution in [0.1, 0.15) is 24.0 Å². The molecule has 2 aromatic carbocycles. The van der Waals surface area contributed by atoms with E-state index in [-0.39, 0.29) is 49.6 Å². The van der Waals surface area contributed by atoms with Crippen LogP contribution in [-0.4, -0.2) is 95.7 Å². The lowest BCUT2D eigenvalue weighted by atomic mass is 10.1. The summed E-state index contributed by atoms with van der Waals surface area (Å²) in [6, 6.07) is 13.7. The van der Waals surface area contributed by atoms with Gasteiger partial charge in [0.2, 0.25) is 23.6 Å². The molecule has 3 heterocycles. The maximum atomic E-state index is 13.1. The van der Waals surface area contributed by atoms with E-state index >= 15 is 0 Å². The Hall–Kier alpha value is -3.76. The van der Waals surface area contributed by atoms with E-state index in [0.29, 0.717) is 26.2 Å². The molecule has 10 nitrogen and oxygen atoms in total. The predicted molar refractivity (Wildman–Crippen MR) is 137 cm³/mol. The zero-order valence-electron chi connectivity index (χ0n) is 21.7. The first kappa shape index (κ1) is 25.9. The second-order valence-electron chi connectivity index (χ2n) is 9.84. The van der Waals surface area contributed by atoms with Gasteiger partial charge in [-0.15, -0.1) is 0 Å². The van der Waals surface area contributed by atoms with Crippen LogP contribution in [0.3, 0.4) is 0 Å². The first-order chi connectivity index (χ1) is 18.4. The third-order valence-electron chi connectivity index (χ3n) is 7.67. The SMILES string of the molecule is COc1ccc(CN2C(=O)C[C@@H](N3CCN([C@@H]4CC(=O)N(Cc5ccc(OC)cc5)C4=O)CC3)C2=O)cc1. The van der Waals surface area contributed by atoms with Crippen LogP contribution in [0.5, 0.6) is 11.5 Å². The quantitative estimate of drug-likeness (QED) is 0.480. The van der Waals surface area contributed by atoms with Crippen LogP contribution in [0.2, 0.25) is 0 Å². The van der Waals surface area contributed by atoms with Gasteiger partial charge in [0.25, 0.3) is 0 Å². The van der Waals surface area contributed by atoms with Crippen LogP contribution in [0, 0.1) is 0 Å². The predicted octanol–water partition coefficient (Wildman–Crippen LogP) is 1.28. The van der Waals surface area contributed by atoms with E-state index in [2.05, 4.69) is 0 Å². The van der Waals surface area contributed by atoms with E-state index in [9.17, 15) is 19.2 Å². The molecule has 38 heavy (non-hydrogen) atoms. The van der Waals surface area contributed by atoms with Gasteiger partial charge >= 0.3 is 0 Å². The summed E-state index contributed by atoms with van der Waals surface area (Å²) in [5, 5.41) is 0. The molecule has 0 N–H and O–H groups in total. The summed E-state index contributed by atoms with van der Waals surface area (Å²) in [6.07, 6.45) is 0.316. The Balaban J connectivity index is 1.15. The molecule has 10 heteroatoms. The first-order valence-corrected chi connectivity index (χ1v) is 12.8. The molecular formula is C28H32N4O6. The van der Waals surface area contributed by atoms with Crippen LogP contribution in [-0.2, 0) is 32.3 Å². The molecule has 4 amide bonds. The summed E-state index contributed by atoms with van der Waals surface area (Å²) >= 11 is 0. The van der Waals surface area contributed by atoms with E-state index in [0.717, 1.165) is 22.6 Å². The number of carbonyl (C=O) groups is 4. The maximum Gasteiger partial charge on any atom is 0.247 e. The molecule has 0 aliphatic carbocycles. The molecule has 0 aromatic heterocycles. The van der Waals surface area contributed by atoms with Crippen molar-refractivity contribution in [1.29, 1.82) is 0 Å². The van der Waals surface area contributed by atoms with Crippen molar-refractivity contribution in [2.45, 2.75) is 38.0 Å². The van der Waals surface area contributed by atoms with Crippen LogP contribution >= 0.6 is 0 Å². The molecular weight excluding hydrogens is 488 g/mol. The highest BCUT2D eigenvalue weighted by atomic mass is 16.5. The van der Waals surface area contributed by atoms with Gasteiger partial charge in [0.1, 0.15) is 11.5 Å². The van der Waals surface area contributed by atoms with Gasteiger partial charge < -0.3 is 9.47 Å². The van der Waals surface area contributed by atoms with Crippen molar-refractivity contribution >= 4 is 23.6 Å². The molecule has 200 valence electrons. The summed E-state index contributed by atoms with van der Waals surface area (Å²) in [5.74, 6) is 0.715. The number of hydrogen-bond acceptors (Lipinski definition) is 8. The zero-order valence-corrected chi connectivity index (χ0v) is 21.7. The number of rotatable bonds is 8. The standard InChI is InChI=1S/C28H32N4O6/c1-37-21-7-3-19(4-8-21)17-31-25(33)15-23(27(31)35)29-11-13-30(14-12-29)24-16-26(34)32(28(24)36)18-20-5-9-22(38-2)10-6-20/h3-10,23-24H,11-18H2,1-2H3/t23-,24-/m1/s1. The molecule has 2 atom stereocenters. The average Bonchev–Trinajstić information content (AvgIpc) is 3.39. The largest absolute Gasteiger partial charge is 0.497 e. The topological polar surface area (TPSA) is 99.7 Å². The molecule has 3 fully saturated rings. The summed E-state index contributed by atoms with van der Waals surface area (Å²) in [5.41, 5.74) is 1.73. The second-order valence-corrected chi connectivity index (χ2v) is 9.84. The normalized spacial score (nSPS) is 23.0. The highest BCUT2D eigenvalue weighted by Crippen LogP contribution is 2.26. The van der Waals surface area contributed by atoms with Gasteiger partial charge in [-0.05, 0) is 35.4 Å². The fourth-order valence-corrected chi connectivity index (χ4v) is 5.42. The molecule has 2 aromatic rings. The third-order valence-corrected chi connectivity index (χ3v) is 7.67. The molecule has 3 saturated heterocycles. The minimum atomic E-state index is -0.490. The molecule has 0 spiro atoms. The number of imide groups is 2. The Morgan fingerprint density at radius 2 is 0.947 bits per heavy atom. The molecule has 0 unspecified atom stereocenters. The van der Waals surface area contributed by atoms with Crippen LogP contribution in [0.15, 0.2) is 48.5 Å². The van der Waals surface area contributed by atoms with Crippen molar-refractivity contribution in [3.63, 3.8) is 0 Å². The lowest BCUT2D eigenvalue weighted by Crippen LogP contribution is -2.56. The molecule has 0 saturated carbocycles. The highest BCUT2D eigenvalue weighted by molar-refractivity contribution is 6.06.